The lowest BCUT2D eigenvalue weighted by Gasteiger charge is -2.06. The average Bonchev–Trinajstić information content (AvgIpc) is 2.34. The lowest BCUT2D eigenvalue weighted by atomic mass is 10.2. The van der Waals surface area contributed by atoms with Crippen molar-refractivity contribution in [3.05, 3.63) is 30.5 Å². The number of ether oxygens (including phenoxy) is 1. The fourth-order valence-corrected chi connectivity index (χ4v) is 2.62. The van der Waals surface area contributed by atoms with Crippen molar-refractivity contribution in [3.8, 4) is 0 Å². The molecule has 0 fully saturated rings. The highest BCUT2D eigenvalue weighted by Crippen LogP contribution is 2.28. The summed E-state index contributed by atoms with van der Waals surface area (Å²) in [7, 11) is 1.73. The summed E-state index contributed by atoms with van der Waals surface area (Å²) in [5.74, 6) is 1.05. The summed E-state index contributed by atoms with van der Waals surface area (Å²) in [5.41, 5.74) is 7.47. The Morgan fingerprint density at radius 1 is 1.35 bits per heavy atom. The molecule has 2 rings (SSSR count). The standard InChI is InChI=1S/C13H16N2OS/c1-16-7-2-8-17-13-5-6-15-12-9-10(14)3-4-11(12)13/h3-6,9H,2,7-8,14H2,1H3. The number of nitrogen functional groups attached to an aromatic ring is 1. The molecule has 0 saturated heterocycles. The van der Waals surface area contributed by atoms with Gasteiger partial charge in [-0.1, -0.05) is 0 Å². The van der Waals surface area contributed by atoms with Gasteiger partial charge in [0.05, 0.1) is 5.52 Å². The maximum absolute atomic E-state index is 5.75. The molecule has 1 aromatic heterocycles. The minimum atomic E-state index is 0.756. The highest BCUT2D eigenvalue weighted by Gasteiger charge is 2.02. The quantitative estimate of drug-likeness (QED) is 0.502. The van der Waals surface area contributed by atoms with Gasteiger partial charge in [0.25, 0.3) is 0 Å². The second-order valence-corrected chi connectivity index (χ2v) is 4.92. The Bertz CT molecular complexity index is 502. The summed E-state index contributed by atoms with van der Waals surface area (Å²) in [6, 6.07) is 7.92. The minimum absolute atomic E-state index is 0.756. The molecule has 0 spiro atoms. The fourth-order valence-electron chi connectivity index (χ4n) is 1.65. The lowest BCUT2D eigenvalue weighted by molar-refractivity contribution is 0.200. The first-order valence-corrected chi connectivity index (χ1v) is 6.56. The van der Waals surface area contributed by atoms with Crippen LogP contribution in [-0.2, 0) is 4.74 Å². The summed E-state index contributed by atoms with van der Waals surface area (Å²) >= 11 is 1.83. The Kier molecular flexibility index (Phi) is 4.23. The highest BCUT2D eigenvalue weighted by atomic mass is 32.2. The zero-order chi connectivity index (χ0) is 12.1. The summed E-state index contributed by atoms with van der Waals surface area (Å²) in [5, 5.41) is 1.17. The zero-order valence-corrected chi connectivity index (χ0v) is 10.7. The molecule has 0 aliphatic rings. The molecular formula is C13H16N2OS. The van der Waals surface area contributed by atoms with E-state index in [1.54, 1.807) is 7.11 Å². The van der Waals surface area contributed by atoms with E-state index in [9.17, 15) is 0 Å². The zero-order valence-electron chi connectivity index (χ0n) is 9.85. The van der Waals surface area contributed by atoms with Gasteiger partial charge in [0.1, 0.15) is 0 Å². The van der Waals surface area contributed by atoms with E-state index < -0.39 is 0 Å². The SMILES string of the molecule is COCCCSc1ccnc2cc(N)ccc12. The van der Waals surface area contributed by atoms with E-state index in [-0.39, 0.29) is 0 Å². The van der Waals surface area contributed by atoms with E-state index in [1.165, 1.54) is 10.3 Å². The second kappa shape index (κ2) is 5.89. The molecule has 0 unspecified atom stereocenters. The first-order chi connectivity index (χ1) is 8.31. The number of rotatable bonds is 5. The monoisotopic (exact) mass is 248 g/mol. The Balaban J connectivity index is 2.16. The Hall–Kier alpha value is -1.26. The highest BCUT2D eigenvalue weighted by molar-refractivity contribution is 7.99. The van der Waals surface area contributed by atoms with Gasteiger partial charge in [0.15, 0.2) is 0 Å². The number of hydrogen-bond donors (Lipinski definition) is 1. The van der Waals surface area contributed by atoms with Gasteiger partial charge in [-0.25, -0.2) is 0 Å². The fraction of sp³-hybridized carbons (Fsp3) is 0.308. The maximum Gasteiger partial charge on any atom is 0.0733 e. The van der Waals surface area contributed by atoms with Gasteiger partial charge in [-0.15, -0.1) is 11.8 Å². The molecule has 0 saturated carbocycles. The molecule has 90 valence electrons. The van der Waals surface area contributed by atoms with Crippen LogP contribution in [0, 0.1) is 0 Å². The predicted molar refractivity (Wildman–Crippen MR) is 73.4 cm³/mol. The van der Waals surface area contributed by atoms with Crippen LogP contribution < -0.4 is 5.73 Å². The smallest absolute Gasteiger partial charge is 0.0733 e. The molecule has 0 radical (unpaired) electrons. The topological polar surface area (TPSA) is 48.1 Å². The minimum Gasteiger partial charge on any atom is -0.399 e. The van der Waals surface area contributed by atoms with E-state index in [0.717, 1.165) is 30.0 Å². The van der Waals surface area contributed by atoms with Crippen molar-refractivity contribution in [1.29, 1.82) is 0 Å². The maximum atomic E-state index is 5.75. The van der Waals surface area contributed by atoms with Crippen LogP contribution in [0.4, 0.5) is 5.69 Å². The Morgan fingerprint density at radius 3 is 3.06 bits per heavy atom. The van der Waals surface area contributed by atoms with E-state index in [1.807, 2.05) is 36.2 Å². The first kappa shape index (κ1) is 12.2. The van der Waals surface area contributed by atoms with Crippen LogP contribution >= 0.6 is 11.8 Å². The summed E-state index contributed by atoms with van der Waals surface area (Å²) in [6.07, 6.45) is 2.89. The van der Waals surface area contributed by atoms with E-state index in [0.29, 0.717) is 0 Å². The van der Waals surface area contributed by atoms with E-state index in [4.69, 9.17) is 10.5 Å². The molecule has 0 atom stereocenters. The molecule has 0 bridgehead atoms. The largest absolute Gasteiger partial charge is 0.399 e. The van der Waals surface area contributed by atoms with Crippen LogP contribution in [0.2, 0.25) is 0 Å². The first-order valence-electron chi connectivity index (χ1n) is 5.57. The van der Waals surface area contributed by atoms with E-state index >= 15 is 0 Å². The molecule has 1 aromatic carbocycles. The number of pyridine rings is 1. The molecular weight excluding hydrogens is 232 g/mol. The molecule has 0 aliphatic heterocycles. The van der Waals surface area contributed by atoms with Crippen molar-refractivity contribution in [2.75, 3.05) is 25.2 Å². The van der Waals surface area contributed by atoms with Gasteiger partial charge in [0, 0.05) is 41.6 Å². The van der Waals surface area contributed by atoms with Gasteiger partial charge in [-0.2, -0.15) is 0 Å². The average molecular weight is 248 g/mol. The lowest BCUT2D eigenvalue weighted by Crippen LogP contribution is -1.91. The van der Waals surface area contributed by atoms with Crippen LogP contribution in [0.25, 0.3) is 10.9 Å². The Labute approximate surface area is 105 Å². The third-order valence-electron chi connectivity index (χ3n) is 2.48. The summed E-state index contributed by atoms with van der Waals surface area (Å²) in [4.78, 5) is 5.58. The van der Waals surface area contributed by atoms with Crippen molar-refractivity contribution in [1.82, 2.24) is 4.98 Å². The summed E-state index contributed by atoms with van der Waals surface area (Å²) < 4.78 is 5.04. The number of aromatic nitrogens is 1. The summed E-state index contributed by atoms with van der Waals surface area (Å²) in [6.45, 7) is 0.808. The van der Waals surface area contributed by atoms with Crippen LogP contribution in [0.3, 0.4) is 0 Å². The predicted octanol–water partition coefficient (Wildman–Crippen LogP) is 2.95. The molecule has 3 nitrogen and oxygen atoms in total. The van der Waals surface area contributed by atoms with Gasteiger partial charge >= 0.3 is 0 Å². The normalized spacial score (nSPS) is 10.9. The number of anilines is 1. The number of thioether (sulfide) groups is 1. The van der Waals surface area contributed by atoms with Gasteiger partial charge < -0.3 is 10.5 Å². The third kappa shape index (κ3) is 3.11. The molecule has 2 N–H and O–H groups in total. The molecule has 2 aromatic rings. The van der Waals surface area contributed by atoms with Crippen molar-refractivity contribution in [2.24, 2.45) is 0 Å². The number of benzene rings is 1. The number of nitrogens with zero attached hydrogens (tertiary/aromatic N) is 1. The van der Waals surface area contributed by atoms with Crippen LogP contribution in [0.1, 0.15) is 6.42 Å². The number of hydrogen-bond acceptors (Lipinski definition) is 4. The number of fused-ring (bicyclic) bond motifs is 1. The second-order valence-electron chi connectivity index (χ2n) is 3.78. The molecule has 4 heteroatoms. The van der Waals surface area contributed by atoms with Crippen molar-refractivity contribution in [2.45, 2.75) is 11.3 Å². The molecule has 0 aliphatic carbocycles. The van der Waals surface area contributed by atoms with Crippen LogP contribution in [-0.4, -0.2) is 24.5 Å². The molecule has 17 heavy (non-hydrogen) atoms. The number of methoxy groups -OCH3 is 1. The molecule has 1 heterocycles. The van der Waals surface area contributed by atoms with Crippen molar-refractivity contribution >= 4 is 28.4 Å². The van der Waals surface area contributed by atoms with Gasteiger partial charge in [0.2, 0.25) is 0 Å². The van der Waals surface area contributed by atoms with Crippen molar-refractivity contribution in [3.63, 3.8) is 0 Å². The van der Waals surface area contributed by atoms with Gasteiger partial charge in [-0.05, 0) is 30.7 Å². The van der Waals surface area contributed by atoms with Gasteiger partial charge in [-0.3, -0.25) is 4.98 Å². The molecule has 0 amide bonds. The van der Waals surface area contributed by atoms with Crippen LogP contribution in [0.5, 0.6) is 0 Å². The Morgan fingerprint density at radius 2 is 2.24 bits per heavy atom. The third-order valence-corrected chi connectivity index (χ3v) is 3.64. The van der Waals surface area contributed by atoms with Crippen LogP contribution in [0.15, 0.2) is 35.4 Å². The van der Waals surface area contributed by atoms with E-state index in [2.05, 4.69) is 11.1 Å². The van der Waals surface area contributed by atoms with Crippen molar-refractivity contribution < 1.29 is 4.74 Å². The number of nitrogens with two attached hydrogens (primary N) is 1.